The van der Waals surface area contributed by atoms with Crippen molar-refractivity contribution in [3.8, 4) is 0 Å². The topological polar surface area (TPSA) is 79.2 Å². The van der Waals surface area contributed by atoms with E-state index in [1.807, 2.05) is 12.1 Å². The summed E-state index contributed by atoms with van der Waals surface area (Å²) in [7, 11) is 0. The second-order valence-electron chi connectivity index (χ2n) is 10.9. The third-order valence-electron chi connectivity index (χ3n) is 8.28. The minimum Gasteiger partial charge on any atom is -0.356 e. The summed E-state index contributed by atoms with van der Waals surface area (Å²) in [5.74, 6) is 2.71. The Bertz CT molecular complexity index is 1250. The number of piperidine rings is 2. The summed E-state index contributed by atoms with van der Waals surface area (Å²) < 4.78 is 2.25. The lowest BCUT2D eigenvalue weighted by Gasteiger charge is -2.34. The number of benzene rings is 1. The standard InChI is InChI=1S/C28H36ClN7O/c29-23-7-3-5-21(15-23)17-34-13-9-20(10-14-34)16-30-28(37)22-6-4-11-35(18-22)26-25-27(32-19-31-26)36-12-2-1-8-24(36)33-25/h3,5,7,15,19-20,22H,1-2,4,6,8-14,16-18H2,(H,30,37)/t22-/m0/s1. The summed E-state index contributed by atoms with van der Waals surface area (Å²) in [4.78, 5) is 32.0. The van der Waals surface area contributed by atoms with Gasteiger partial charge in [0.05, 0.1) is 5.92 Å². The van der Waals surface area contributed by atoms with E-state index in [0.717, 1.165) is 99.2 Å². The molecule has 1 N–H and O–H groups in total. The van der Waals surface area contributed by atoms with Gasteiger partial charge in [-0.15, -0.1) is 0 Å². The van der Waals surface area contributed by atoms with Crippen LogP contribution in [0.1, 0.15) is 49.9 Å². The van der Waals surface area contributed by atoms with Crippen molar-refractivity contribution in [3.05, 3.63) is 47.0 Å². The first-order valence-electron chi connectivity index (χ1n) is 13.8. The lowest BCUT2D eigenvalue weighted by atomic mass is 9.94. The smallest absolute Gasteiger partial charge is 0.224 e. The fourth-order valence-electron chi connectivity index (χ4n) is 6.19. The molecule has 9 heteroatoms. The average Bonchev–Trinajstić information content (AvgIpc) is 3.31. The predicted octanol–water partition coefficient (Wildman–Crippen LogP) is 4.06. The van der Waals surface area contributed by atoms with Gasteiger partial charge in [0.15, 0.2) is 17.0 Å². The molecule has 0 bridgehead atoms. The van der Waals surface area contributed by atoms with Gasteiger partial charge in [0.2, 0.25) is 5.91 Å². The number of fused-ring (bicyclic) bond motifs is 3. The monoisotopic (exact) mass is 521 g/mol. The summed E-state index contributed by atoms with van der Waals surface area (Å²) >= 11 is 6.14. The number of anilines is 1. The van der Waals surface area contributed by atoms with E-state index in [4.69, 9.17) is 16.6 Å². The van der Waals surface area contributed by atoms with Crippen LogP contribution in [0.4, 0.5) is 5.82 Å². The highest BCUT2D eigenvalue weighted by molar-refractivity contribution is 6.30. The molecule has 3 aromatic rings. The Labute approximate surface area is 223 Å². The molecule has 1 atom stereocenters. The van der Waals surface area contributed by atoms with Crippen molar-refractivity contribution >= 4 is 34.5 Å². The molecular formula is C28H36ClN7O. The number of nitrogens with zero attached hydrogens (tertiary/aromatic N) is 6. The average molecular weight is 522 g/mol. The van der Waals surface area contributed by atoms with Gasteiger partial charge in [-0.05, 0) is 75.2 Å². The molecule has 1 aromatic carbocycles. The summed E-state index contributed by atoms with van der Waals surface area (Å²) in [6.45, 7) is 6.40. The first kappa shape index (κ1) is 24.6. The molecule has 1 amide bonds. The number of halogens is 1. The quantitative estimate of drug-likeness (QED) is 0.527. The highest BCUT2D eigenvalue weighted by Crippen LogP contribution is 2.30. The third kappa shape index (κ3) is 5.46. The number of hydrogen-bond donors (Lipinski definition) is 1. The van der Waals surface area contributed by atoms with E-state index in [1.54, 1.807) is 6.33 Å². The highest BCUT2D eigenvalue weighted by Gasteiger charge is 2.30. The second kappa shape index (κ2) is 11.0. The van der Waals surface area contributed by atoms with Crippen LogP contribution in [-0.4, -0.2) is 63.0 Å². The van der Waals surface area contributed by atoms with E-state index in [0.29, 0.717) is 12.5 Å². The van der Waals surface area contributed by atoms with Gasteiger partial charge in [0, 0.05) is 44.2 Å². The van der Waals surface area contributed by atoms with Gasteiger partial charge in [-0.25, -0.2) is 15.0 Å². The Morgan fingerprint density at radius 1 is 1.05 bits per heavy atom. The number of aromatic nitrogens is 4. The van der Waals surface area contributed by atoms with Gasteiger partial charge in [0.25, 0.3) is 0 Å². The molecule has 0 radical (unpaired) electrons. The normalized spacial score (nSPS) is 21.2. The fourth-order valence-corrected chi connectivity index (χ4v) is 6.41. The highest BCUT2D eigenvalue weighted by atomic mass is 35.5. The number of aryl methyl sites for hydroxylation is 2. The lowest BCUT2D eigenvalue weighted by molar-refractivity contribution is -0.125. The Hall–Kier alpha value is -2.71. The maximum atomic E-state index is 13.2. The molecule has 8 nitrogen and oxygen atoms in total. The number of carbonyl (C=O) groups is 1. The molecule has 37 heavy (non-hydrogen) atoms. The molecule has 0 spiro atoms. The van der Waals surface area contributed by atoms with Crippen LogP contribution >= 0.6 is 11.6 Å². The maximum Gasteiger partial charge on any atom is 0.224 e. The molecule has 2 fully saturated rings. The number of hydrogen-bond acceptors (Lipinski definition) is 6. The summed E-state index contributed by atoms with van der Waals surface area (Å²) in [5, 5.41) is 4.08. The first-order chi connectivity index (χ1) is 18.1. The molecule has 0 aliphatic carbocycles. The van der Waals surface area contributed by atoms with E-state index >= 15 is 0 Å². The molecule has 3 aliphatic heterocycles. The zero-order chi connectivity index (χ0) is 25.2. The van der Waals surface area contributed by atoms with Crippen LogP contribution in [0, 0.1) is 11.8 Å². The van der Waals surface area contributed by atoms with Crippen LogP contribution in [0.5, 0.6) is 0 Å². The fraction of sp³-hybridized carbons (Fsp3) is 0.571. The van der Waals surface area contributed by atoms with Crippen molar-refractivity contribution in [2.75, 3.05) is 37.6 Å². The predicted molar refractivity (Wildman–Crippen MR) is 146 cm³/mol. The van der Waals surface area contributed by atoms with Crippen LogP contribution in [0.15, 0.2) is 30.6 Å². The summed E-state index contributed by atoms with van der Waals surface area (Å²) in [6, 6.07) is 8.13. The van der Waals surface area contributed by atoms with Crippen LogP contribution in [-0.2, 0) is 24.3 Å². The second-order valence-corrected chi connectivity index (χ2v) is 11.3. The molecular weight excluding hydrogens is 486 g/mol. The molecule has 0 unspecified atom stereocenters. The Morgan fingerprint density at radius 2 is 1.95 bits per heavy atom. The zero-order valence-electron chi connectivity index (χ0n) is 21.4. The van der Waals surface area contributed by atoms with Crippen LogP contribution in [0.3, 0.4) is 0 Å². The Kier molecular flexibility index (Phi) is 7.29. The molecule has 3 aliphatic rings. The van der Waals surface area contributed by atoms with Crippen molar-refractivity contribution in [1.29, 1.82) is 0 Å². The number of rotatable bonds is 6. The van der Waals surface area contributed by atoms with Gasteiger partial charge in [0.1, 0.15) is 12.2 Å². The Morgan fingerprint density at radius 3 is 2.81 bits per heavy atom. The first-order valence-corrected chi connectivity index (χ1v) is 14.2. The van der Waals surface area contributed by atoms with Crippen molar-refractivity contribution in [3.63, 3.8) is 0 Å². The van der Waals surface area contributed by atoms with Crippen LogP contribution < -0.4 is 10.2 Å². The molecule has 196 valence electrons. The summed E-state index contributed by atoms with van der Waals surface area (Å²) in [5.41, 5.74) is 3.09. The van der Waals surface area contributed by atoms with Crippen molar-refractivity contribution in [1.82, 2.24) is 29.7 Å². The minimum atomic E-state index is -0.0149. The minimum absolute atomic E-state index is 0.0149. The molecule has 2 aromatic heterocycles. The molecule has 2 saturated heterocycles. The summed E-state index contributed by atoms with van der Waals surface area (Å²) in [6.07, 6.45) is 9.14. The van der Waals surface area contributed by atoms with Crippen molar-refractivity contribution in [2.45, 2.75) is 58.0 Å². The van der Waals surface area contributed by atoms with Gasteiger partial charge in [-0.1, -0.05) is 23.7 Å². The number of nitrogens with one attached hydrogen (secondary N) is 1. The van der Waals surface area contributed by atoms with Crippen LogP contribution in [0.25, 0.3) is 11.2 Å². The number of carbonyl (C=O) groups excluding carboxylic acids is 1. The molecule has 6 rings (SSSR count). The van der Waals surface area contributed by atoms with Gasteiger partial charge in [-0.3, -0.25) is 9.69 Å². The number of likely N-dealkylation sites (tertiary alicyclic amines) is 1. The van der Waals surface area contributed by atoms with Crippen LogP contribution in [0.2, 0.25) is 5.02 Å². The number of amides is 1. The largest absolute Gasteiger partial charge is 0.356 e. The van der Waals surface area contributed by atoms with Gasteiger partial charge in [-0.2, -0.15) is 0 Å². The number of imidazole rings is 1. The van der Waals surface area contributed by atoms with E-state index in [1.165, 1.54) is 18.4 Å². The maximum absolute atomic E-state index is 13.2. The van der Waals surface area contributed by atoms with E-state index in [2.05, 4.69) is 41.8 Å². The van der Waals surface area contributed by atoms with Crippen molar-refractivity contribution in [2.24, 2.45) is 11.8 Å². The SMILES string of the molecule is O=C(NCC1CCN(Cc2cccc(Cl)c2)CC1)[C@H]1CCCN(c2ncnc3c2nc2n3CCCC2)C1. The molecule has 5 heterocycles. The van der Waals surface area contributed by atoms with E-state index in [9.17, 15) is 4.79 Å². The zero-order valence-corrected chi connectivity index (χ0v) is 22.2. The van der Waals surface area contributed by atoms with E-state index in [-0.39, 0.29) is 11.8 Å². The van der Waals surface area contributed by atoms with E-state index < -0.39 is 0 Å². The third-order valence-corrected chi connectivity index (χ3v) is 8.52. The van der Waals surface area contributed by atoms with Crippen molar-refractivity contribution < 1.29 is 4.79 Å². The Balaban J connectivity index is 1.02. The van der Waals surface area contributed by atoms with Gasteiger partial charge >= 0.3 is 0 Å². The van der Waals surface area contributed by atoms with Gasteiger partial charge < -0.3 is 14.8 Å². The lowest BCUT2D eigenvalue weighted by Crippen LogP contribution is -2.45. The molecule has 0 saturated carbocycles.